The number of nitrogens with two attached hydrogens (primary N) is 2. The van der Waals surface area contributed by atoms with Crippen LogP contribution in [0, 0.1) is 25.2 Å². The number of ketones is 2. The van der Waals surface area contributed by atoms with Gasteiger partial charge < -0.3 is 36.3 Å². The van der Waals surface area contributed by atoms with E-state index in [9.17, 15) is 28.8 Å². The minimum absolute atomic E-state index is 0. The van der Waals surface area contributed by atoms with E-state index in [1.807, 2.05) is 131 Å². The maximum atomic E-state index is 12.2. The molecule has 7 aromatic rings. The van der Waals surface area contributed by atoms with E-state index in [1.54, 1.807) is 73.0 Å². The molecule has 0 unspecified atom stereocenters. The molecule has 0 saturated heterocycles. The second kappa shape index (κ2) is 47.4. The molecule has 31 heteroatoms. The zero-order valence-corrected chi connectivity index (χ0v) is 57.8. The largest absolute Gasteiger partial charge is 1.00 e. The molecule has 0 aliphatic rings. The van der Waals surface area contributed by atoms with Gasteiger partial charge in [0.15, 0.2) is 11.6 Å². The Hall–Kier alpha value is -9.44. The van der Waals surface area contributed by atoms with Gasteiger partial charge >= 0.3 is 42.9 Å². The molecule has 0 fully saturated rings. The monoisotopic (exact) mass is 1320 g/mol. The zero-order valence-electron chi connectivity index (χ0n) is 57.0. The molecule has 7 N–H and O–H groups in total. The molecular weight excluding hydrogens is 1230 g/mol. The number of esters is 2. The number of Topliss-reactive ketones (excluding diaryl/α,β-unsaturated/α-hetero) is 2. The minimum Gasteiger partial charge on any atom is -0.870 e. The second-order valence-corrected chi connectivity index (χ2v) is 22.6. The van der Waals surface area contributed by atoms with Crippen LogP contribution in [0.1, 0.15) is 153 Å². The summed E-state index contributed by atoms with van der Waals surface area (Å²) in [5.74, 6) is 2.54. The number of methoxy groups -OCH3 is 2. The van der Waals surface area contributed by atoms with Gasteiger partial charge in [0.1, 0.15) is 38.3 Å². The number of ether oxygens (including phenoxy) is 3. The molecule has 7 rings (SSSR count). The summed E-state index contributed by atoms with van der Waals surface area (Å²) < 4.78 is 19.8. The molecule has 0 aliphatic carbocycles. The molecule has 0 radical (unpaired) electrons. The maximum Gasteiger partial charge on any atom is 1.00 e. The molecule has 0 saturated carbocycles. The smallest absolute Gasteiger partial charge is 0.870 e. The standard InChI is InChI=1S/C19H26N4O3.C14H18N4O.C8H13N3O2.C7H11N3O2.C7H9N.C5H8.C3H5N3O2.ClH.Li.H2O/c1-13(2)17-12-23(22-21-17)11-16(24)10-14-6-8-15(9-7-14)20-18(25)26-19(3,4)5;1-10(2)14-9-18(17-16-14)8-13(19)7-11-3-5-12(15)6-4-11;1-6(2)7-4-11(10-9-7)5-8(12)13-3;1-5(2)6-3-10(9-8-6)4-7(11)12;1-6-2-4-7(8)5-3-6;1-4-5(2)3;1-8-3(7)2-5-6-4;;;/h6-9,12-13H,10-11H2,1-5H3,(H,20,25);3-6,9-10H,7-8,15H2,1-2H3;4,6H,5H2,1-3H3;3,5H,4H2,1-2H3,(H,11,12);2-5H,8H2,1H3;1,5H,2-3H3;2H2,1H3;1H;;1H2/q;;;;;;;;+1;/p-1. The Labute approximate surface area is 568 Å². The van der Waals surface area contributed by atoms with Crippen molar-refractivity contribution in [2.24, 2.45) is 11.0 Å². The Morgan fingerprint density at radius 1 is 0.606 bits per heavy atom. The first-order valence-electron chi connectivity index (χ1n) is 29.0. The minimum atomic E-state index is -0.907. The molecule has 0 atom stereocenters. The molecule has 508 valence electrons. The number of nitrogen functional groups attached to an aromatic ring is 2. The SMILES string of the molecule is C#CC(C)C.CC(C)c1cn(CC(=O)Cc2ccc(N)cc2)nn1.CC(C)c1cn(CC(=O)Cc2ccc(NC(=O)OC(C)(C)C)cc2)nn1.CC(C)c1cn(CC(=O)O)nn1.COC(=O)CN=[N+]=[N-].COC(=O)Cn1cc(C(C)C)nn1.Cc1ccc(N)cc1.Cl.[Li+].[OH-]. The Morgan fingerprint density at radius 2 is 0.936 bits per heavy atom. The number of anilines is 3. The summed E-state index contributed by atoms with van der Waals surface area (Å²) in [5.41, 5.74) is 26.8. The number of hydrogen-bond donors (Lipinski definition) is 4. The molecule has 3 aromatic carbocycles. The summed E-state index contributed by atoms with van der Waals surface area (Å²) in [7, 11) is 2.58. The second-order valence-electron chi connectivity index (χ2n) is 22.6. The van der Waals surface area contributed by atoms with Crippen LogP contribution in [-0.2, 0) is 77.2 Å². The number of nitrogens with zero attached hydrogens (tertiary/aromatic N) is 15. The van der Waals surface area contributed by atoms with Gasteiger partial charge in [-0.2, -0.15) is 0 Å². The first-order valence-corrected chi connectivity index (χ1v) is 29.0. The number of nitrogens with one attached hydrogen (secondary N) is 1. The van der Waals surface area contributed by atoms with E-state index in [-0.39, 0.29) is 98.8 Å². The topological polar surface area (TPSA) is 416 Å². The molecule has 4 aromatic heterocycles. The summed E-state index contributed by atoms with van der Waals surface area (Å²) >= 11 is 0. The quantitative estimate of drug-likeness (QED) is 0.00926. The van der Waals surface area contributed by atoms with Gasteiger partial charge in [-0.05, 0) is 104 Å². The van der Waals surface area contributed by atoms with E-state index >= 15 is 0 Å². The first kappa shape index (κ1) is 88.8. The van der Waals surface area contributed by atoms with Gasteiger partial charge in [-0.25, -0.2) is 23.5 Å². The van der Waals surface area contributed by atoms with E-state index in [0.29, 0.717) is 42.0 Å². The molecule has 0 aliphatic heterocycles. The third kappa shape index (κ3) is 41.1. The number of aryl methyl sites for hydroxylation is 1. The van der Waals surface area contributed by atoms with Crippen LogP contribution in [0.25, 0.3) is 10.4 Å². The number of terminal acetylenes is 1. The Morgan fingerprint density at radius 3 is 1.22 bits per heavy atom. The molecule has 29 nitrogen and oxygen atoms in total. The number of aromatic nitrogens is 12. The van der Waals surface area contributed by atoms with Crippen LogP contribution in [0.15, 0.2) is 103 Å². The summed E-state index contributed by atoms with van der Waals surface area (Å²) in [6.45, 7) is 27.8. The Bertz CT molecular complexity index is 3380. The first-order chi connectivity index (χ1) is 42.7. The number of azide groups is 1. The van der Waals surface area contributed by atoms with Crippen LogP contribution in [0.4, 0.5) is 21.9 Å². The fourth-order valence-corrected chi connectivity index (χ4v) is 6.37. The predicted octanol–water partition coefficient (Wildman–Crippen LogP) is 6.99. The van der Waals surface area contributed by atoms with Crippen LogP contribution in [0.3, 0.4) is 0 Å². The molecule has 94 heavy (non-hydrogen) atoms. The van der Waals surface area contributed by atoms with Crippen molar-refractivity contribution < 1.29 is 72.4 Å². The summed E-state index contributed by atoms with van der Waals surface area (Å²) in [5, 5.41) is 45.2. The van der Waals surface area contributed by atoms with Crippen molar-refractivity contribution in [3.63, 3.8) is 0 Å². The van der Waals surface area contributed by atoms with Crippen LogP contribution < -0.4 is 35.6 Å². The third-order valence-electron chi connectivity index (χ3n) is 11.4. The number of carboxylic acids is 1. The van der Waals surface area contributed by atoms with Crippen molar-refractivity contribution in [2.45, 2.75) is 165 Å². The number of carboxylic acid groups (broad SMARTS) is 1. The fraction of sp³-hybridized carbons (Fsp3) is 0.460. The Kier molecular flexibility index (Phi) is 44.8. The number of carbonyl (C=O) groups is 6. The molecule has 0 spiro atoms. The summed E-state index contributed by atoms with van der Waals surface area (Å²) in [6, 6.07) is 22.2. The number of halogens is 1. The van der Waals surface area contributed by atoms with Gasteiger partial charge in [-0.15, -0.1) is 45.1 Å². The van der Waals surface area contributed by atoms with Crippen molar-refractivity contribution in [1.82, 2.24) is 60.0 Å². The zero-order chi connectivity index (χ0) is 68.8. The van der Waals surface area contributed by atoms with Crippen molar-refractivity contribution in [3.8, 4) is 12.3 Å². The third-order valence-corrected chi connectivity index (χ3v) is 11.4. The Balaban J connectivity index is -0.00000108. The number of aliphatic carboxylic acids is 1. The van der Waals surface area contributed by atoms with Crippen molar-refractivity contribution >= 4 is 65.0 Å². The van der Waals surface area contributed by atoms with Gasteiger partial charge in [0.05, 0.1) is 37.0 Å². The average molecular weight is 1320 g/mol. The van der Waals surface area contributed by atoms with Gasteiger partial charge in [0, 0.05) is 65.5 Å². The van der Waals surface area contributed by atoms with Crippen LogP contribution in [0.5, 0.6) is 0 Å². The summed E-state index contributed by atoms with van der Waals surface area (Å²) in [4.78, 5) is 69.4. The molecule has 1 amide bonds. The van der Waals surface area contributed by atoms with Gasteiger partial charge in [0.2, 0.25) is 0 Å². The molecular formula is C63H92ClLiN18O11. The molecule has 0 bridgehead atoms. The van der Waals surface area contributed by atoms with Crippen molar-refractivity contribution in [2.75, 3.05) is 37.5 Å². The van der Waals surface area contributed by atoms with Gasteiger partial charge in [-0.3, -0.25) is 29.3 Å². The normalized spacial score (nSPS) is 9.96. The number of hydrogen-bond acceptors (Lipinski definition) is 21. The number of rotatable bonds is 19. The van der Waals surface area contributed by atoms with E-state index in [1.165, 1.54) is 29.1 Å². The van der Waals surface area contributed by atoms with Crippen LogP contribution >= 0.6 is 12.4 Å². The predicted molar refractivity (Wildman–Crippen MR) is 355 cm³/mol. The van der Waals surface area contributed by atoms with Crippen molar-refractivity contribution in [3.05, 3.63) is 147 Å². The van der Waals surface area contributed by atoms with E-state index < -0.39 is 23.6 Å². The van der Waals surface area contributed by atoms with Gasteiger partial charge in [-0.1, -0.05) is 137 Å². The number of carbonyl (C=O) groups excluding carboxylic acids is 5. The fourth-order valence-electron chi connectivity index (χ4n) is 6.37. The molecule has 4 heterocycles. The average Bonchev–Trinajstić information content (AvgIpc) is 1.60. The van der Waals surface area contributed by atoms with Gasteiger partial charge in [0.25, 0.3) is 0 Å². The maximum absolute atomic E-state index is 12.2. The number of amides is 1. The van der Waals surface area contributed by atoms with Crippen LogP contribution in [-0.4, -0.2) is 132 Å². The van der Waals surface area contributed by atoms with E-state index in [0.717, 1.165) is 39.6 Å². The number of benzene rings is 3. The summed E-state index contributed by atoms with van der Waals surface area (Å²) in [6.07, 6.45) is 12.1. The van der Waals surface area contributed by atoms with E-state index in [2.05, 4.69) is 72.0 Å². The van der Waals surface area contributed by atoms with E-state index in [4.69, 9.17) is 33.3 Å². The van der Waals surface area contributed by atoms with Crippen molar-refractivity contribution in [1.29, 1.82) is 0 Å². The van der Waals surface area contributed by atoms with Crippen LogP contribution in [0.2, 0.25) is 0 Å².